The molecule has 52 heavy (non-hydrogen) atoms. The molecule has 246 valence electrons. The summed E-state index contributed by atoms with van der Waals surface area (Å²) in [7, 11) is 0. The van der Waals surface area contributed by atoms with Crippen molar-refractivity contribution < 1.29 is 4.42 Å². The third kappa shape index (κ3) is 4.58. The zero-order chi connectivity index (χ0) is 34.6. The van der Waals surface area contributed by atoms with Gasteiger partial charge >= 0.3 is 0 Å². The Labute approximate surface area is 303 Å². The van der Waals surface area contributed by atoms with Crippen LogP contribution in [0.25, 0.3) is 44.2 Å². The van der Waals surface area contributed by atoms with Crippen LogP contribution < -0.4 is 4.90 Å². The van der Waals surface area contributed by atoms with E-state index in [1.165, 1.54) is 38.9 Å². The molecule has 0 atom stereocenters. The van der Waals surface area contributed by atoms with Crippen LogP contribution in [-0.4, -0.2) is 0 Å². The van der Waals surface area contributed by atoms with Crippen LogP contribution in [0.5, 0.6) is 0 Å². The second kappa shape index (κ2) is 12.0. The molecule has 8 aromatic carbocycles. The van der Waals surface area contributed by atoms with Gasteiger partial charge in [0.15, 0.2) is 0 Å². The Morgan fingerprint density at radius 1 is 0.423 bits per heavy atom. The zero-order valence-electron chi connectivity index (χ0n) is 28.8. The number of rotatable bonds is 6. The van der Waals surface area contributed by atoms with Gasteiger partial charge in [0, 0.05) is 33.4 Å². The monoisotopic (exact) mass is 665 g/mol. The minimum absolute atomic E-state index is 0.474. The Morgan fingerprint density at radius 2 is 1.02 bits per heavy atom. The van der Waals surface area contributed by atoms with Crippen LogP contribution in [0.4, 0.5) is 17.1 Å². The highest BCUT2D eigenvalue weighted by Gasteiger charge is 2.46. The lowest BCUT2D eigenvalue weighted by Crippen LogP contribution is -2.28. The van der Waals surface area contributed by atoms with Gasteiger partial charge in [0.1, 0.15) is 11.2 Å². The summed E-state index contributed by atoms with van der Waals surface area (Å²) in [6.45, 7) is 2.16. The van der Waals surface area contributed by atoms with E-state index in [9.17, 15) is 0 Å². The van der Waals surface area contributed by atoms with Gasteiger partial charge in [-0.05, 0) is 93.9 Å². The van der Waals surface area contributed by atoms with Gasteiger partial charge in [0.05, 0.1) is 5.41 Å². The van der Waals surface area contributed by atoms with E-state index in [1.54, 1.807) is 0 Å². The van der Waals surface area contributed by atoms with Crippen molar-refractivity contribution in [2.75, 3.05) is 4.90 Å². The molecule has 0 radical (unpaired) electrons. The average Bonchev–Trinajstić information content (AvgIpc) is 3.73. The van der Waals surface area contributed by atoms with E-state index >= 15 is 0 Å². The predicted octanol–water partition coefficient (Wildman–Crippen LogP) is 13.4. The molecular weight excluding hydrogens is 631 g/mol. The maximum absolute atomic E-state index is 6.42. The van der Waals surface area contributed by atoms with Gasteiger partial charge in [0.2, 0.25) is 0 Å². The summed E-state index contributed by atoms with van der Waals surface area (Å²) in [6.07, 6.45) is 0. The Bertz CT molecular complexity index is 2700. The molecule has 0 fully saturated rings. The smallest absolute Gasteiger partial charge is 0.143 e. The fraction of sp³-hybridized carbons (Fsp3) is 0.0400. The molecule has 0 saturated heterocycles. The van der Waals surface area contributed by atoms with Gasteiger partial charge in [-0.15, -0.1) is 0 Å². The summed E-state index contributed by atoms with van der Waals surface area (Å²) in [5.74, 6) is 0. The number of nitrogens with zero attached hydrogens (tertiary/aromatic N) is 1. The number of anilines is 3. The van der Waals surface area contributed by atoms with E-state index in [0.717, 1.165) is 50.1 Å². The van der Waals surface area contributed by atoms with Crippen LogP contribution >= 0.6 is 0 Å². The quantitative estimate of drug-likeness (QED) is 0.176. The first-order valence-electron chi connectivity index (χ1n) is 17.9. The van der Waals surface area contributed by atoms with Crippen LogP contribution in [0.3, 0.4) is 0 Å². The van der Waals surface area contributed by atoms with Crippen LogP contribution in [0.1, 0.15) is 27.8 Å². The molecule has 1 heterocycles. The maximum Gasteiger partial charge on any atom is 0.143 e. The van der Waals surface area contributed by atoms with E-state index in [2.05, 4.69) is 194 Å². The van der Waals surface area contributed by atoms with Crippen molar-refractivity contribution in [2.24, 2.45) is 0 Å². The van der Waals surface area contributed by atoms with Crippen molar-refractivity contribution in [3.8, 4) is 22.3 Å². The van der Waals surface area contributed by atoms with Crippen molar-refractivity contribution in [1.82, 2.24) is 0 Å². The highest BCUT2D eigenvalue weighted by Crippen LogP contribution is 2.57. The molecule has 0 aliphatic heterocycles. The number of hydrogen-bond acceptors (Lipinski definition) is 2. The fourth-order valence-electron chi connectivity index (χ4n) is 8.55. The molecular formula is C50H35NO. The second-order valence-electron chi connectivity index (χ2n) is 13.8. The largest absolute Gasteiger partial charge is 0.455 e. The lowest BCUT2D eigenvalue weighted by Gasteiger charge is -2.35. The lowest BCUT2D eigenvalue weighted by atomic mass is 9.67. The number of aryl methyl sites for hydroxylation is 1. The summed E-state index contributed by atoms with van der Waals surface area (Å²) in [6, 6.07) is 70.4. The molecule has 0 unspecified atom stereocenters. The van der Waals surface area contributed by atoms with Crippen molar-refractivity contribution >= 4 is 39.0 Å². The molecule has 1 aliphatic carbocycles. The third-order valence-corrected chi connectivity index (χ3v) is 10.8. The Morgan fingerprint density at radius 3 is 1.79 bits per heavy atom. The molecule has 9 aromatic rings. The fourth-order valence-corrected chi connectivity index (χ4v) is 8.55. The number of fused-ring (bicyclic) bond motifs is 6. The molecule has 2 heteroatoms. The summed E-state index contributed by atoms with van der Waals surface area (Å²) in [5.41, 5.74) is 15.8. The second-order valence-corrected chi connectivity index (χ2v) is 13.8. The van der Waals surface area contributed by atoms with Gasteiger partial charge in [-0.3, -0.25) is 0 Å². The third-order valence-electron chi connectivity index (χ3n) is 10.8. The minimum atomic E-state index is -0.474. The molecule has 0 saturated carbocycles. The summed E-state index contributed by atoms with van der Waals surface area (Å²) >= 11 is 0. The molecule has 1 aliphatic rings. The molecule has 0 amide bonds. The van der Waals surface area contributed by atoms with Gasteiger partial charge in [-0.25, -0.2) is 0 Å². The van der Waals surface area contributed by atoms with E-state index in [-0.39, 0.29) is 0 Å². The first-order chi connectivity index (χ1) is 25.7. The van der Waals surface area contributed by atoms with E-state index in [4.69, 9.17) is 4.42 Å². The highest BCUT2D eigenvalue weighted by molar-refractivity contribution is 6.09. The molecule has 0 N–H and O–H groups in total. The predicted molar refractivity (Wildman–Crippen MR) is 216 cm³/mol. The zero-order valence-corrected chi connectivity index (χ0v) is 28.8. The SMILES string of the molecule is Cc1cccc(N(c2ccc(-c3cccc4c3oc3ccccc34)cc2)c2ccc3c(c2)C(c2ccccc2)(c2ccccc2)c2ccccc2-3)c1. The van der Waals surface area contributed by atoms with Crippen molar-refractivity contribution in [3.05, 3.63) is 222 Å². The van der Waals surface area contributed by atoms with Gasteiger partial charge < -0.3 is 9.32 Å². The van der Waals surface area contributed by atoms with Crippen LogP contribution in [-0.2, 0) is 5.41 Å². The summed E-state index contributed by atoms with van der Waals surface area (Å²) in [4.78, 5) is 2.39. The Balaban J connectivity index is 1.17. The Kier molecular flexibility index (Phi) is 6.97. The van der Waals surface area contributed by atoms with E-state index < -0.39 is 5.41 Å². The standard InChI is InChI=1S/C50H35NO/c1-34-14-12-19-39(32-34)51(38-28-26-35(27-29-38)41-22-13-23-45-44-21-9-11-25-48(44)52-49(41)45)40-30-31-43-42-20-8-10-24-46(42)50(47(43)33-40,36-15-4-2-5-16-36)37-17-6-3-7-18-37/h2-33H,1H3. The molecule has 0 bridgehead atoms. The average molecular weight is 666 g/mol. The normalized spacial score (nSPS) is 12.9. The maximum atomic E-state index is 6.42. The number of benzene rings is 8. The molecule has 2 nitrogen and oxygen atoms in total. The van der Waals surface area contributed by atoms with Crippen molar-refractivity contribution in [1.29, 1.82) is 0 Å². The van der Waals surface area contributed by atoms with Gasteiger partial charge in [0.25, 0.3) is 0 Å². The Hall–Kier alpha value is -6.64. The van der Waals surface area contributed by atoms with Crippen LogP contribution in [0.15, 0.2) is 199 Å². The van der Waals surface area contributed by atoms with Crippen molar-refractivity contribution in [3.63, 3.8) is 0 Å². The molecule has 1 aromatic heterocycles. The summed E-state index contributed by atoms with van der Waals surface area (Å²) in [5, 5.41) is 2.28. The number of furan rings is 1. The summed E-state index contributed by atoms with van der Waals surface area (Å²) < 4.78 is 6.42. The lowest BCUT2D eigenvalue weighted by molar-refractivity contribution is 0.670. The van der Waals surface area contributed by atoms with Crippen LogP contribution in [0, 0.1) is 6.92 Å². The first-order valence-corrected chi connectivity index (χ1v) is 17.9. The van der Waals surface area contributed by atoms with E-state index in [1.807, 2.05) is 12.1 Å². The van der Waals surface area contributed by atoms with Crippen LogP contribution in [0.2, 0.25) is 0 Å². The molecule has 10 rings (SSSR count). The van der Waals surface area contributed by atoms with Gasteiger partial charge in [-0.2, -0.15) is 0 Å². The highest BCUT2D eigenvalue weighted by atomic mass is 16.3. The van der Waals surface area contributed by atoms with Crippen molar-refractivity contribution in [2.45, 2.75) is 12.3 Å². The minimum Gasteiger partial charge on any atom is -0.455 e. The number of hydrogen-bond donors (Lipinski definition) is 0. The molecule has 0 spiro atoms. The topological polar surface area (TPSA) is 16.4 Å². The first kappa shape index (κ1) is 30.2. The van der Waals surface area contributed by atoms with Gasteiger partial charge in [-0.1, -0.05) is 152 Å². The van der Waals surface area contributed by atoms with E-state index in [0.29, 0.717) is 0 Å². The number of para-hydroxylation sites is 2.